The number of halogens is 1. The predicted molar refractivity (Wildman–Crippen MR) is 100.0 cm³/mol. The van der Waals surface area contributed by atoms with Gasteiger partial charge in [0.2, 0.25) is 0 Å². The zero-order valence-corrected chi connectivity index (χ0v) is 15.1. The Balaban J connectivity index is 2.08. The smallest absolute Gasteiger partial charge is 0.340 e. The second-order valence-electron chi connectivity index (χ2n) is 6.05. The van der Waals surface area contributed by atoms with E-state index in [-0.39, 0.29) is 16.7 Å². The monoisotopic (exact) mass is 381 g/mol. The molecule has 1 aliphatic rings. The molecule has 1 heterocycles. The van der Waals surface area contributed by atoms with Crippen LogP contribution in [0.4, 0.5) is 10.1 Å². The summed E-state index contributed by atoms with van der Waals surface area (Å²) < 4.78 is 18.1. The van der Waals surface area contributed by atoms with Crippen LogP contribution in [0.15, 0.2) is 65.4 Å². The second-order valence-corrected chi connectivity index (χ2v) is 6.05. The minimum atomic E-state index is -1.07. The molecule has 2 aromatic carbocycles. The number of allylic oxidation sites excluding steroid dienone is 1. The van der Waals surface area contributed by atoms with Gasteiger partial charge >= 0.3 is 11.9 Å². The van der Waals surface area contributed by atoms with Crippen LogP contribution in [0, 0.1) is 5.82 Å². The molecule has 0 fully saturated rings. The molecule has 0 atom stereocenters. The van der Waals surface area contributed by atoms with Crippen molar-refractivity contribution >= 4 is 29.6 Å². The van der Waals surface area contributed by atoms with E-state index in [0.717, 1.165) is 0 Å². The van der Waals surface area contributed by atoms with Gasteiger partial charge in [0.1, 0.15) is 5.82 Å². The number of amides is 1. The fraction of sp³-hybridized carbons (Fsp3) is 0.0952. The average Bonchev–Trinajstić information content (AvgIpc) is 2.92. The lowest BCUT2D eigenvalue weighted by Gasteiger charge is -2.17. The molecule has 0 bridgehead atoms. The van der Waals surface area contributed by atoms with Gasteiger partial charge in [-0.2, -0.15) is 0 Å². The first kappa shape index (κ1) is 19.0. The van der Waals surface area contributed by atoms with Crippen molar-refractivity contribution in [3.05, 3.63) is 82.3 Å². The van der Waals surface area contributed by atoms with E-state index in [9.17, 15) is 18.8 Å². The van der Waals surface area contributed by atoms with E-state index >= 15 is 0 Å². The number of benzene rings is 2. The molecule has 142 valence electrons. The van der Waals surface area contributed by atoms with Gasteiger partial charge in [0.05, 0.1) is 23.8 Å². The summed E-state index contributed by atoms with van der Waals surface area (Å²) in [6.45, 7) is 1.60. The van der Waals surface area contributed by atoms with Gasteiger partial charge < -0.3 is 9.84 Å². The van der Waals surface area contributed by atoms with Crippen LogP contribution < -0.4 is 4.90 Å². The first-order chi connectivity index (χ1) is 13.3. The van der Waals surface area contributed by atoms with Crippen molar-refractivity contribution in [2.24, 2.45) is 0 Å². The molecule has 0 aliphatic carbocycles. The van der Waals surface area contributed by atoms with Crippen LogP contribution in [-0.4, -0.2) is 30.1 Å². The number of carbonyl (C=O) groups is 3. The molecule has 28 heavy (non-hydrogen) atoms. The van der Waals surface area contributed by atoms with Crippen LogP contribution >= 0.6 is 0 Å². The molecule has 0 aromatic heterocycles. The quantitative estimate of drug-likeness (QED) is 0.648. The molecule has 0 unspecified atom stereocenters. The number of hydrogen-bond donors (Lipinski definition) is 1. The van der Waals surface area contributed by atoms with Gasteiger partial charge in [0.15, 0.2) is 0 Å². The Morgan fingerprint density at radius 1 is 1.07 bits per heavy atom. The summed E-state index contributed by atoms with van der Waals surface area (Å²) in [6.07, 6.45) is 1.49. The van der Waals surface area contributed by atoms with E-state index in [4.69, 9.17) is 9.84 Å². The van der Waals surface area contributed by atoms with Gasteiger partial charge in [-0.05, 0) is 55.0 Å². The van der Waals surface area contributed by atoms with Crippen molar-refractivity contribution in [1.29, 1.82) is 0 Å². The number of aromatic carboxylic acids is 1. The number of methoxy groups -OCH3 is 1. The van der Waals surface area contributed by atoms with Crippen molar-refractivity contribution in [2.45, 2.75) is 6.92 Å². The molecule has 0 saturated heterocycles. The van der Waals surface area contributed by atoms with Crippen molar-refractivity contribution in [3.8, 4) is 0 Å². The second kappa shape index (κ2) is 7.48. The predicted octanol–water partition coefficient (Wildman–Crippen LogP) is 3.40. The SMILES string of the molecule is COC(=O)C1=C(C)N(c2ccc(F)cc2)C(=O)C1=Cc1ccc(C(=O)O)cc1. The Morgan fingerprint density at radius 3 is 2.21 bits per heavy atom. The van der Waals surface area contributed by atoms with Crippen LogP contribution in [0.1, 0.15) is 22.8 Å². The maximum absolute atomic E-state index is 13.2. The normalized spacial score (nSPS) is 15.3. The van der Waals surface area contributed by atoms with Crippen LogP contribution in [0.3, 0.4) is 0 Å². The summed E-state index contributed by atoms with van der Waals surface area (Å²) in [5, 5.41) is 8.99. The van der Waals surface area contributed by atoms with Gasteiger partial charge in [0.25, 0.3) is 5.91 Å². The van der Waals surface area contributed by atoms with E-state index in [1.807, 2.05) is 0 Å². The number of carbonyl (C=O) groups excluding carboxylic acids is 2. The lowest BCUT2D eigenvalue weighted by molar-refractivity contribution is -0.136. The minimum absolute atomic E-state index is 0.0964. The Bertz CT molecular complexity index is 1020. The number of carboxylic acids is 1. The first-order valence-corrected chi connectivity index (χ1v) is 8.28. The molecule has 0 saturated carbocycles. The molecule has 2 aromatic rings. The highest BCUT2D eigenvalue weighted by atomic mass is 19.1. The lowest BCUT2D eigenvalue weighted by Crippen LogP contribution is -2.24. The number of esters is 1. The first-order valence-electron chi connectivity index (χ1n) is 8.28. The number of nitrogens with zero attached hydrogens (tertiary/aromatic N) is 1. The third kappa shape index (κ3) is 3.42. The molecule has 0 radical (unpaired) electrons. The van der Waals surface area contributed by atoms with Crippen LogP contribution in [-0.2, 0) is 14.3 Å². The van der Waals surface area contributed by atoms with Gasteiger partial charge in [-0.3, -0.25) is 9.69 Å². The van der Waals surface area contributed by atoms with Crippen molar-refractivity contribution < 1.29 is 28.6 Å². The van der Waals surface area contributed by atoms with Crippen LogP contribution in [0.2, 0.25) is 0 Å². The molecule has 1 aliphatic heterocycles. The summed E-state index contributed by atoms with van der Waals surface area (Å²) in [7, 11) is 1.22. The summed E-state index contributed by atoms with van der Waals surface area (Å²) in [6, 6.07) is 11.2. The standard InChI is InChI=1S/C21H16FNO5/c1-12-18(21(27)28-2)17(11-13-3-5-14(6-4-13)20(25)26)19(24)23(12)16-9-7-15(22)8-10-16/h3-11H,1-2H3,(H,25,26). The summed E-state index contributed by atoms with van der Waals surface area (Å²) in [4.78, 5) is 37.6. The van der Waals surface area contributed by atoms with Gasteiger partial charge in [-0.1, -0.05) is 12.1 Å². The fourth-order valence-electron chi connectivity index (χ4n) is 2.97. The van der Waals surface area contributed by atoms with Crippen molar-refractivity contribution in [3.63, 3.8) is 0 Å². The Kier molecular flexibility index (Phi) is 5.08. The largest absolute Gasteiger partial charge is 0.478 e. The highest BCUT2D eigenvalue weighted by Crippen LogP contribution is 2.35. The molecule has 0 spiro atoms. The van der Waals surface area contributed by atoms with E-state index < -0.39 is 23.7 Å². The lowest BCUT2D eigenvalue weighted by atomic mass is 10.0. The molecule has 1 amide bonds. The Hall–Kier alpha value is -3.74. The van der Waals surface area contributed by atoms with Crippen molar-refractivity contribution in [1.82, 2.24) is 0 Å². The number of rotatable bonds is 4. The van der Waals surface area contributed by atoms with E-state index in [2.05, 4.69) is 0 Å². The van der Waals surface area contributed by atoms with E-state index in [0.29, 0.717) is 16.9 Å². The number of ether oxygens (including phenoxy) is 1. The molecule has 3 rings (SSSR count). The maximum Gasteiger partial charge on any atom is 0.340 e. The van der Waals surface area contributed by atoms with Gasteiger partial charge in [0, 0.05) is 11.4 Å². The Labute approximate surface area is 160 Å². The Morgan fingerprint density at radius 2 is 1.68 bits per heavy atom. The van der Waals surface area contributed by atoms with Gasteiger partial charge in [-0.25, -0.2) is 14.0 Å². The summed E-state index contributed by atoms with van der Waals surface area (Å²) >= 11 is 0. The maximum atomic E-state index is 13.2. The highest BCUT2D eigenvalue weighted by Gasteiger charge is 2.37. The minimum Gasteiger partial charge on any atom is -0.478 e. The molecular weight excluding hydrogens is 365 g/mol. The number of hydrogen-bond acceptors (Lipinski definition) is 4. The molecule has 7 heteroatoms. The summed E-state index contributed by atoms with van der Waals surface area (Å²) in [5.74, 6) is -2.65. The van der Waals surface area contributed by atoms with Crippen LogP contribution in [0.25, 0.3) is 6.08 Å². The molecular formula is C21H16FNO5. The number of carboxylic acid groups (broad SMARTS) is 1. The highest BCUT2D eigenvalue weighted by molar-refractivity contribution is 6.23. The third-order valence-corrected chi connectivity index (χ3v) is 4.34. The zero-order chi connectivity index (χ0) is 20.4. The third-order valence-electron chi connectivity index (χ3n) is 4.34. The zero-order valence-electron chi connectivity index (χ0n) is 15.1. The average molecular weight is 381 g/mol. The van der Waals surface area contributed by atoms with Crippen LogP contribution in [0.5, 0.6) is 0 Å². The van der Waals surface area contributed by atoms with Gasteiger partial charge in [-0.15, -0.1) is 0 Å². The number of anilines is 1. The molecule has 1 N–H and O–H groups in total. The molecule has 6 nitrogen and oxygen atoms in total. The topological polar surface area (TPSA) is 83.9 Å². The summed E-state index contributed by atoms with van der Waals surface area (Å²) in [5.41, 5.74) is 1.62. The van der Waals surface area contributed by atoms with E-state index in [1.165, 1.54) is 66.6 Å². The fourth-order valence-corrected chi connectivity index (χ4v) is 2.97. The van der Waals surface area contributed by atoms with Crippen molar-refractivity contribution in [2.75, 3.05) is 12.0 Å². The van der Waals surface area contributed by atoms with E-state index in [1.54, 1.807) is 6.92 Å².